The first-order valence-corrected chi connectivity index (χ1v) is 8.11. The molecule has 1 unspecified atom stereocenters. The number of rotatable bonds is 2. The van der Waals surface area contributed by atoms with Crippen molar-refractivity contribution in [1.82, 2.24) is 9.97 Å². The van der Waals surface area contributed by atoms with Gasteiger partial charge in [0.05, 0.1) is 5.69 Å². The second-order valence-corrected chi connectivity index (χ2v) is 6.37. The predicted molar refractivity (Wildman–Crippen MR) is 86.4 cm³/mol. The van der Waals surface area contributed by atoms with Crippen molar-refractivity contribution in [3.63, 3.8) is 0 Å². The van der Waals surface area contributed by atoms with Crippen LogP contribution in [0.15, 0.2) is 52.1 Å². The number of oxazole rings is 1. The van der Waals surface area contributed by atoms with E-state index in [1.807, 2.05) is 30.4 Å². The Labute approximate surface area is 134 Å². The van der Waals surface area contributed by atoms with Crippen LogP contribution in [0.1, 0.15) is 24.3 Å². The van der Waals surface area contributed by atoms with E-state index in [1.54, 1.807) is 6.20 Å². The van der Waals surface area contributed by atoms with Gasteiger partial charge in [-0.05, 0) is 43.4 Å². The molecule has 0 bridgehead atoms. The summed E-state index contributed by atoms with van der Waals surface area (Å²) < 4.78 is 5.92. The molecule has 2 heterocycles. The van der Waals surface area contributed by atoms with Crippen LogP contribution in [-0.4, -0.2) is 9.97 Å². The van der Waals surface area contributed by atoms with Crippen molar-refractivity contribution in [1.29, 1.82) is 0 Å². The highest BCUT2D eigenvalue weighted by Gasteiger charge is 2.31. The second-order valence-electron chi connectivity index (χ2n) is 5.93. The fourth-order valence-corrected chi connectivity index (χ4v) is 3.73. The largest absolute Gasteiger partial charge is 0.440 e. The molecule has 0 saturated carbocycles. The van der Waals surface area contributed by atoms with E-state index in [9.17, 15) is 0 Å². The molecule has 0 fully saturated rings. The molecule has 0 N–H and O–H groups in total. The highest BCUT2D eigenvalue weighted by molar-refractivity contribution is 6.30. The number of pyridine rings is 1. The van der Waals surface area contributed by atoms with E-state index in [0.717, 1.165) is 47.9 Å². The zero-order chi connectivity index (χ0) is 14.9. The van der Waals surface area contributed by atoms with Crippen molar-refractivity contribution in [3.05, 3.63) is 59.1 Å². The number of allylic oxidation sites excluding steroid dienone is 4. The Morgan fingerprint density at radius 3 is 3.05 bits per heavy atom. The van der Waals surface area contributed by atoms with Gasteiger partial charge in [0, 0.05) is 23.6 Å². The fraction of sp³-hybridized carbons (Fsp3) is 0.333. The third kappa shape index (κ3) is 2.50. The Hall–Kier alpha value is -1.87. The molecule has 2 aromatic heterocycles. The van der Waals surface area contributed by atoms with Crippen molar-refractivity contribution in [2.45, 2.75) is 25.7 Å². The molecule has 0 aliphatic heterocycles. The topological polar surface area (TPSA) is 38.9 Å². The summed E-state index contributed by atoms with van der Waals surface area (Å²) in [6.07, 6.45) is 12.0. The molecular weight excluding hydrogens is 296 g/mol. The molecule has 0 saturated heterocycles. The summed E-state index contributed by atoms with van der Waals surface area (Å²) >= 11 is 6.40. The third-order valence-corrected chi connectivity index (χ3v) is 4.97. The molecule has 2 aliphatic carbocycles. The van der Waals surface area contributed by atoms with Crippen molar-refractivity contribution in [3.8, 4) is 11.6 Å². The predicted octanol–water partition coefficient (Wildman–Crippen LogP) is 4.54. The molecule has 112 valence electrons. The molecule has 0 amide bonds. The molecule has 22 heavy (non-hydrogen) atoms. The summed E-state index contributed by atoms with van der Waals surface area (Å²) in [4.78, 5) is 9.00. The van der Waals surface area contributed by atoms with Crippen LogP contribution in [-0.2, 0) is 12.8 Å². The number of aryl methyl sites for hydroxylation is 1. The first kappa shape index (κ1) is 13.8. The van der Waals surface area contributed by atoms with E-state index in [4.69, 9.17) is 16.0 Å². The summed E-state index contributed by atoms with van der Waals surface area (Å²) in [5.41, 5.74) is 1.88. The molecule has 0 radical (unpaired) electrons. The van der Waals surface area contributed by atoms with Crippen LogP contribution < -0.4 is 0 Å². The minimum Gasteiger partial charge on any atom is -0.440 e. The van der Waals surface area contributed by atoms with Crippen molar-refractivity contribution < 1.29 is 4.42 Å². The number of aromatic nitrogens is 2. The number of nitrogens with zero attached hydrogens (tertiary/aromatic N) is 2. The standard InChI is InChI=1S/C18H17ClN2O/c19-14-6-2-1-5-13(14)12-8-9-17-16(11-12)21-18(22-17)15-7-3-4-10-20-15/h1-4,6-7,10,12-13H,5,8-9,11H2/t12-,13?/m0/s1. The van der Waals surface area contributed by atoms with E-state index in [-0.39, 0.29) is 0 Å². The van der Waals surface area contributed by atoms with Crippen LogP contribution >= 0.6 is 11.6 Å². The molecule has 4 rings (SSSR count). The van der Waals surface area contributed by atoms with Crippen LogP contribution in [0, 0.1) is 11.8 Å². The monoisotopic (exact) mass is 312 g/mol. The SMILES string of the molecule is ClC1=CC=CCC1[C@H]1CCc2oc(-c3ccccn3)nc2C1. The van der Waals surface area contributed by atoms with Gasteiger partial charge >= 0.3 is 0 Å². The second kappa shape index (κ2) is 5.73. The van der Waals surface area contributed by atoms with Gasteiger partial charge in [-0.3, -0.25) is 4.98 Å². The van der Waals surface area contributed by atoms with E-state index in [2.05, 4.69) is 16.0 Å². The summed E-state index contributed by atoms with van der Waals surface area (Å²) in [6, 6.07) is 5.78. The van der Waals surface area contributed by atoms with Gasteiger partial charge in [-0.2, -0.15) is 0 Å². The van der Waals surface area contributed by atoms with Crippen LogP contribution in [0.3, 0.4) is 0 Å². The summed E-state index contributed by atoms with van der Waals surface area (Å²) in [5.74, 6) is 2.62. The average Bonchev–Trinajstić information content (AvgIpc) is 2.99. The Kier molecular flexibility index (Phi) is 3.59. The minimum absolute atomic E-state index is 0.426. The van der Waals surface area contributed by atoms with Gasteiger partial charge in [0.2, 0.25) is 5.89 Å². The highest BCUT2D eigenvalue weighted by atomic mass is 35.5. The molecule has 0 aromatic carbocycles. The highest BCUT2D eigenvalue weighted by Crippen LogP contribution is 2.39. The third-order valence-electron chi connectivity index (χ3n) is 4.56. The molecule has 4 heteroatoms. The van der Waals surface area contributed by atoms with Gasteiger partial charge in [0.15, 0.2) is 0 Å². The smallest absolute Gasteiger partial charge is 0.245 e. The summed E-state index contributed by atoms with van der Waals surface area (Å²) in [6.45, 7) is 0. The van der Waals surface area contributed by atoms with Crippen LogP contribution in [0.4, 0.5) is 0 Å². The van der Waals surface area contributed by atoms with E-state index >= 15 is 0 Å². The first-order chi connectivity index (χ1) is 10.8. The van der Waals surface area contributed by atoms with Crippen molar-refractivity contribution in [2.75, 3.05) is 0 Å². The molecule has 0 spiro atoms. The molecule has 2 atom stereocenters. The number of halogens is 1. The van der Waals surface area contributed by atoms with Crippen LogP contribution in [0.5, 0.6) is 0 Å². The van der Waals surface area contributed by atoms with Gasteiger partial charge in [-0.1, -0.05) is 29.8 Å². The van der Waals surface area contributed by atoms with E-state index in [0.29, 0.717) is 17.7 Å². The summed E-state index contributed by atoms with van der Waals surface area (Å²) in [5, 5.41) is 0.976. The Balaban J connectivity index is 1.58. The molecule has 2 aromatic rings. The zero-order valence-electron chi connectivity index (χ0n) is 12.2. The summed E-state index contributed by atoms with van der Waals surface area (Å²) in [7, 11) is 0. The lowest BCUT2D eigenvalue weighted by molar-refractivity contribution is 0.326. The van der Waals surface area contributed by atoms with Gasteiger partial charge < -0.3 is 4.42 Å². The number of fused-ring (bicyclic) bond motifs is 1. The van der Waals surface area contributed by atoms with Gasteiger partial charge in [0.1, 0.15) is 11.5 Å². The molecule has 2 aliphatic rings. The van der Waals surface area contributed by atoms with Gasteiger partial charge in [0.25, 0.3) is 0 Å². The van der Waals surface area contributed by atoms with Crippen molar-refractivity contribution in [2.24, 2.45) is 11.8 Å². The van der Waals surface area contributed by atoms with Gasteiger partial charge in [-0.25, -0.2) is 4.98 Å². The average molecular weight is 313 g/mol. The number of hydrogen-bond donors (Lipinski definition) is 0. The lowest BCUT2D eigenvalue weighted by Gasteiger charge is -2.29. The first-order valence-electron chi connectivity index (χ1n) is 7.73. The fourth-order valence-electron chi connectivity index (χ4n) is 3.39. The van der Waals surface area contributed by atoms with E-state index in [1.165, 1.54) is 0 Å². The Morgan fingerprint density at radius 1 is 1.27 bits per heavy atom. The maximum absolute atomic E-state index is 6.40. The maximum Gasteiger partial charge on any atom is 0.245 e. The van der Waals surface area contributed by atoms with Crippen LogP contribution in [0.25, 0.3) is 11.6 Å². The quantitative estimate of drug-likeness (QED) is 0.817. The molecular formula is C18H17ClN2O. The van der Waals surface area contributed by atoms with Gasteiger partial charge in [-0.15, -0.1) is 0 Å². The number of hydrogen-bond acceptors (Lipinski definition) is 3. The normalized spacial score (nSPS) is 24.0. The maximum atomic E-state index is 6.40. The van der Waals surface area contributed by atoms with Crippen molar-refractivity contribution >= 4 is 11.6 Å². The van der Waals surface area contributed by atoms with E-state index < -0.39 is 0 Å². The zero-order valence-corrected chi connectivity index (χ0v) is 13.0. The lowest BCUT2D eigenvalue weighted by Crippen LogP contribution is -2.23. The molecule has 3 nitrogen and oxygen atoms in total. The van der Waals surface area contributed by atoms with Crippen LogP contribution in [0.2, 0.25) is 0 Å². The lowest BCUT2D eigenvalue weighted by atomic mass is 9.78. The minimum atomic E-state index is 0.426. The Bertz CT molecular complexity index is 733. The Morgan fingerprint density at radius 2 is 2.23 bits per heavy atom.